The topological polar surface area (TPSA) is 113 Å². The molecule has 0 spiro atoms. The number of fused-ring (bicyclic) bond motifs is 10. The zero-order valence-corrected chi connectivity index (χ0v) is 89.5. The SMILES string of the molecule is CC(C)Cc1cc(-c2[c-]cc3c(c2)CCCC3)nc[c]1[Ge]([CH3])([CH3])[CH3].CC(C)Cc1cc(-c2[c-]ccc3c2CCCC3)nc[c]1[Ge]([CH3])([CH3])[CH3].Cc1ccc2c(n1)oc1c(-c3nc4ccccc4n3-c3c(C(C)C)cc(-c4ccccc4)cc3C(C)C)[c-]ccc12.Cc1ccc2c(n1)oc1c(-c3nc4ccccc4n3-c3c(C(C)C)cc(-c4ccccc4)cc3C(C)C)[c-]ccc12.[Ir].[Ir]. The van der Waals surface area contributed by atoms with Gasteiger partial charge in [-0.25, -0.2) is 9.97 Å². The molecule has 2 aliphatic carbocycles. The van der Waals surface area contributed by atoms with E-state index in [4.69, 9.17) is 28.8 Å². The molecule has 0 bridgehead atoms. The van der Waals surface area contributed by atoms with Gasteiger partial charge in [0.25, 0.3) is 0 Å². The number of para-hydroxylation sites is 4. The number of pyridine rings is 4. The fraction of sp³-hybridized carbons (Fsp3) is 0.305. The first-order valence-electron chi connectivity index (χ1n) is 47.4. The largest absolute Gasteiger partial charge is 0.486 e. The Morgan fingerprint density at radius 2 is 0.765 bits per heavy atom. The van der Waals surface area contributed by atoms with E-state index in [1.165, 1.54) is 152 Å². The Labute approximate surface area is 814 Å². The van der Waals surface area contributed by atoms with Gasteiger partial charge in [-0.2, -0.15) is 0 Å². The van der Waals surface area contributed by atoms with Crippen molar-refractivity contribution in [2.45, 2.75) is 219 Å². The van der Waals surface area contributed by atoms with Crippen molar-refractivity contribution < 1.29 is 49.0 Å². The van der Waals surface area contributed by atoms with Crippen molar-refractivity contribution in [2.24, 2.45) is 11.8 Å². The van der Waals surface area contributed by atoms with E-state index < -0.39 is 26.5 Å². The number of hydrogen-bond donors (Lipinski definition) is 0. The van der Waals surface area contributed by atoms with Gasteiger partial charge in [0.15, 0.2) is 0 Å². The Balaban J connectivity index is 0.000000138. The van der Waals surface area contributed by atoms with Crippen LogP contribution in [0.2, 0.25) is 34.5 Å². The van der Waals surface area contributed by atoms with Crippen LogP contribution in [0.1, 0.15) is 199 Å². The predicted molar refractivity (Wildman–Crippen MR) is 551 cm³/mol. The van der Waals surface area contributed by atoms with Gasteiger partial charge >= 0.3 is 300 Å². The van der Waals surface area contributed by atoms with E-state index in [1.807, 2.05) is 50.2 Å². The quantitative estimate of drug-likeness (QED) is 0.0617. The minimum absolute atomic E-state index is 0. The van der Waals surface area contributed by atoms with Crippen molar-refractivity contribution in [3.63, 3.8) is 0 Å². The predicted octanol–water partition coefficient (Wildman–Crippen LogP) is 30.4. The third kappa shape index (κ3) is 20.2. The van der Waals surface area contributed by atoms with Crippen LogP contribution >= 0.6 is 0 Å². The molecule has 0 saturated carbocycles. The summed E-state index contributed by atoms with van der Waals surface area (Å²) in [6.45, 7) is 31.4. The number of furan rings is 2. The van der Waals surface area contributed by atoms with Gasteiger partial charge in [0.2, 0.25) is 11.4 Å². The van der Waals surface area contributed by atoms with E-state index in [0.717, 1.165) is 113 Å². The second-order valence-corrected chi connectivity index (χ2v) is 61.3. The molecular weight excluding hydrogens is 2090 g/mol. The van der Waals surface area contributed by atoms with Gasteiger partial charge in [-0.05, 0) is 155 Å². The first-order chi connectivity index (χ1) is 62.5. The van der Waals surface area contributed by atoms with Crippen molar-refractivity contribution in [2.75, 3.05) is 0 Å². The van der Waals surface area contributed by atoms with Gasteiger partial charge < -0.3 is 18.0 Å². The van der Waals surface area contributed by atoms with E-state index in [1.54, 1.807) is 8.79 Å². The van der Waals surface area contributed by atoms with E-state index in [-0.39, 0.29) is 40.2 Å². The van der Waals surface area contributed by atoms with Gasteiger partial charge in [-0.15, -0.1) is 36.4 Å². The third-order valence-corrected chi connectivity index (χ3v) is 34.6. The molecule has 0 saturated heterocycles. The van der Waals surface area contributed by atoms with Crippen LogP contribution in [-0.4, -0.2) is 65.6 Å². The van der Waals surface area contributed by atoms with Crippen molar-refractivity contribution in [1.82, 2.24) is 39.0 Å². The Hall–Kier alpha value is -10.3. The Kier molecular flexibility index (Phi) is 29.8. The average Bonchev–Trinajstić information content (AvgIpc) is 1.57. The molecule has 2 radical (unpaired) electrons. The number of rotatable bonds is 18. The monoisotopic (exact) mass is 2220 g/mol. The molecule has 0 aliphatic heterocycles. The van der Waals surface area contributed by atoms with Crippen molar-refractivity contribution in [3.05, 3.63) is 322 Å². The molecule has 678 valence electrons. The summed E-state index contributed by atoms with van der Waals surface area (Å²) in [5.74, 6) is 19.0. The first kappa shape index (κ1) is 96.3. The van der Waals surface area contributed by atoms with Crippen LogP contribution in [0.3, 0.4) is 0 Å². The molecule has 0 amide bonds. The van der Waals surface area contributed by atoms with E-state index >= 15 is 0 Å². The second kappa shape index (κ2) is 40.9. The van der Waals surface area contributed by atoms with Crippen LogP contribution in [0, 0.1) is 49.9 Å². The standard InChI is InChI=1S/2C37H32N3O.2C22H30GeN.2Ir/c2*1-22(2)30-20-26(25-12-7-6-8-13-25)21-31(23(3)4)34(30)40-33-17-10-9-16-32(33)39-36(40)29-15-11-14-27-28-19-18-24(5)38-37(28)41-35(27)29;1-16(2)13-18-14-22(24-15-21(18)23(3,4)5)20-12-8-10-17-9-6-7-11-19(17)20;1-16(2)12-20-14-22(24-15-21(20)23(3,4)5)19-11-10-17-8-6-7-9-18(17)13-19;;/h2*6-14,16-23H,1-5H3;8,10,14-16H,6-7,9,11,13H2,1-5H3;10,13-16H,6-9,12H2,1-5H3;;/q4*-1;;. The molecule has 2 aliphatic rings. The third-order valence-electron chi connectivity index (χ3n) is 25.9. The fourth-order valence-electron chi connectivity index (χ4n) is 19.4. The number of aromatic nitrogens is 8. The summed E-state index contributed by atoms with van der Waals surface area (Å²) in [5, 5.41) is 4.04. The zero-order chi connectivity index (χ0) is 91.1. The number of benzene rings is 10. The minimum atomic E-state index is -1.90. The zero-order valence-electron chi connectivity index (χ0n) is 80.5. The van der Waals surface area contributed by atoms with Gasteiger partial charge in [-0.3, -0.25) is 9.97 Å². The van der Waals surface area contributed by atoms with Gasteiger partial charge in [0.1, 0.15) is 0 Å². The van der Waals surface area contributed by atoms with E-state index in [2.05, 4.69) is 355 Å². The van der Waals surface area contributed by atoms with Gasteiger partial charge in [0, 0.05) is 73.7 Å². The molecular formula is C118H124Ge2Ir2N8O2-4. The molecule has 8 aromatic heterocycles. The Morgan fingerprint density at radius 3 is 1.20 bits per heavy atom. The molecule has 18 aromatic rings. The van der Waals surface area contributed by atoms with E-state index in [9.17, 15) is 0 Å². The van der Waals surface area contributed by atoms with Crippen molar-refractivity contribution >= 4 is 102 Å². The molecule has 0 N–H and O–H groups in total. The Morgan fingerprint density at radius 1 is 0.371 bits per heavy atom. The Bertz CT molecular complexity index is 6840. The van der Waals surface area contributed by atoms with Crippen LogP contribution in [0.15, 0.2) is 240 Å². The summed E-state index contributed by atoms with van der Waals surface area (Å²) >= 11 is -3.79. The maximum atomic E-state index is 6.44. The van der Waals surface area contributed by atoms with Crippen LogP contribution < -0.4 is 8.79 Å². The number of imidazole rings is 2. The molecule has 10 aromatic carbocycles. The van der Waals surface area contributed by atoms with Gasteiger partial charge in [-0.1, -0.05) is 162 Å². The first-order valence-corrected chi connectivity index (χ1v) is 62.1. The summed E-state index contributed by atoms with van der Waals surface area (Å²) in [7, 11) is 0. The summed E-state index contributed by atoms with van der Waals surface area (Å²) in [5.41, 5.74) is 36.5. The van der Waals surface area contributed by atoms with Crippen molar-refractivity contribution in [3.8, 4) is 78.9 Å². The summed E-state index contributed by atoms with van der Waals surface area (Å²) in [4.78, 5) is 29.6. The average molecular weight is 2220 g/mol. The molecule has 0 unspecified atom stereocenters. The van der Waals surface area contributed by atoms with Crippen LogP contribution in [0.4, 0.5) is 0 Å². The normalized spacial score (nSPS) is 12.8. The number of aryl methyl sites for hydroxylation is 5. The molecule has 0 fully saturated rings. The summed E-state index contributed by atoms with van der Waals surface area (Å²) in [6.07, 6.45) is 16.8. The summed E-state index contributed by atoms with van der Waals surface area (Å²) < 4.78 is 20.7. The maximum absolute atomic E-state index is 6.44. The van der Waals surface area contributed by atoms with Crippen LogP contribution in [0.25, 0.3) is 145 Å². The number of nitrogens with zero attached hydrogens (tertiary/aromatic N) is 8. The second-order valence-electron chi connectivity index (χ2n) is 40.2. The fourth-order valence-corrected chi connectivity index (χ4v) is 26.1. The minimum Gasteiger partial charge on any atom is -0.486 e. The molecule has 0 atom stereocenters. The molecule has 8 heterocycles. The molecule has 132 heavy (non-hydrogen) atoms. The number of hydrogen-bond acceptors (Lipinski definition) is 8. The maximum Gasteiger partial charge on any atom is 0.216 e. The molecule has 20 rings (SSSR count). The van der Waals surface area contributed by atoms with Crippen LogP contribution in [0.5, 0.6) is 0 Å². The summed E-state index contributed by atoms with van der Waals surface area (Å²) in [6, 6.07) is 91.5. The molecule has 10 nitrogen and oxygen atoms in total. The van der Waals surface area contributed by atoms with Crippen molar-refractivity contribution in [1.29, 1.82) is 0 Å². The van der Waals surface area contributed by atoms with Gasteiger partial charge in [0.05, 0.1) is 44.9 Å². The smallest absolute Gasteiger partial charge is 0.216 e. The molecule has 14 heteroatoms. The van der Waals surface area contributed by atoms with Crippen LogP contribution in [-0.2, 0) is 78.7 Å². The van der Waals surface area contributed by atoms with E-state index in [0.29, 0.717) is 46.9 Å².